The van der Waals surface area contributed by atoms with Gasteiger partial charge in [-0.05, 0) is 64.9 Å². The van der Waals surface area contributed by atoms with Gasteiger partial charge in [0, 0.05) is 17.3 Å². The van der Waals surface area contributed by atoms with Crippen molar-refractivity contribution in [2.75, 3.05) is 7.11 Å². The average molecular weight is 598 g/mol. The van der Waals surface area contributed by atoms with Gasteiger partial charge in [-0.15, -0.1) is 0 Å². The number of aromatic nitrogens is 2. The van der Waals surface area contributed by atoms with Gasteiger partial charge in [-0.25, -0.2) is 4.98 Å². The number of methoxy groups -OCH3 is 1. The summed E-state index contributed by atoms with van der Waals surface area (Å²) in [6.07, 6.45) is 2.38. The molecule has 0 radical (unpaired) electrons. The third-order valence-electron chi connectivity index (χ3n) is 4.71. The Kier molecular flexibility index (Phi) is 7.47. The van der Waals surface area contributed by atoms with Gasteiger partial charge in [0.05, 0.1) is 27.8 Å². The molecule has 0 aliphatic heterocycles. The molecule has 1 heterocycles. The Morgan fingerprint density at radius 2 is 2.10 bits per heavy atom. The molecule has 1 aromatic heterocycles. The first-order valence-electron chi connectivity index (χ1n) is 9.57. The first kappa shape index (κ1) is 23.4. The molecule has 2 aromatic carbocycles. The van der Waals surface area contributed by atoms with Gasteiger partial charge in [-0.1, -0.05) is 29.8 Å². The highest BCUT2D eigenvalue weighted by atomic mass is 127. The lowest BCUT2D eigenvalue weighted by Crippen LogP contribution is -2.23. The smallest absolute Gasteiger partial charge is 0.308 e. The van der Waals surface area contributed by atoms with E-state index in [1.165, 1.54) is 18.7 Å². The van der Waals surface area contributed by atoms with Gasteiger partial charge in [0.2, 0.25) is 0 Å². The first-order valence-corrected chi connectivity index (χ1v) is 11.4. The third kappa shape index (κ3) is 5.15. The van der Waals surface area contributed by atoms with Crippen molar-refractivity contribution in [3.05, 3.63) is 60.1 Å². The summed E-state index contributed by atoms with van der Waals surface area (Å²) >= 11 is 5.47. The van der Waals surface area contributed by atoms with Crippen molar-refractivity contribution in [1.82, 2.24) is 9.66 Å². The molecule has 3 rings (SSSR count). The summed E-state index contributed by atoms with van der Waals surface area (Å²) in [4.78, 5) is 29.3. The van der Waals surface area contributed by atoms with Crippen molar-refractivity contribution < 1.29 is 14.3 Å². The van der Waals surface area contributed by atoms with Crippen LogP contribution in [0.5, 0.6) is 11.5 Å². The second-order valence-corrected chi connectivity index (χ2v) is 9.01. The van der Waals surface area contributed by atoms with E-state index in [4.69, 9.17) is 14.5 Å². The normalized spacial score (nSPS) is 12.3. The number of nitrogens with zero attached hydrogens (tertiary/aromatic N) is 3. The molecule has 0 bridgehead atoms. The summed E-state index contributed by atoms with van der Waals surface area (Å²) in [6.45, 7) is 5.38. The monoisotopic (exact) mass is 597 g/mol. The van der Waals surface area contributed by atoms with E-state index in [0.717, 1.165) is 10.9 Å². The molecule has 0 saturated carbocycles. The van der Waals surface area contributed by atoms with Crippen molar-refractivity contribution in [2.45, 2.75) is 33.1 Å². The van der Waals surface area contributed by atoms with Crippen LogP contribution in [0.4, 0.5) is 0 Å². The van der Waals surface area contributed by atoms with Crippen molar-refractivity contribution >= 4 is 61.6 Å². The van der Waals surface area contributed by atoms with Crippen molar-refractivity contribution in [2.24, 2.45) is 5.10 Å². The second-order valence-electron chi connectivity index (χ2n) is 6.93. The maximum atomic E-state index is 13.2. The summed E-state index contributed by atoms with van der Waals surface area (Å²) < 4.78 is 13.4. The topological polar surface area (TPSA) is 82.8 Å². The molecule has 0 unspecified atom stereocenters. The van der Waals surface area contributed by atoms with Gasteiger partial charge in [0.15, 0.2) is 11.5 Å². The van der Waals surface area contributed by atoms with Gasteiger partial charge < -0.3 is 9.47 Å². The molecule has 9 heteroatoms. The third-order valence-corrected chi connectivity index (χ3v) is 6.00. The molecule has 0 spiro atoms. The molecular weight excluding hydrogens is 577 g/mol. The molecule has 0 fully saturated rings. The van der Waals surface area contributed by atoms with Crippen LogP contribution in [0, 0.1) is 3.57 Å². The van der Waals surface area contributed by atoms with Crippen LogP contribution in [0.2, 0.25) is 0 Å². The second kappa shape index (κ2) is 9.90. The Morgan fingerprint density at radius 3 is 2.74 bits per heavy atom. The zero-order valence-electron chi connectivity index (χ0n) is 17.5. The molecule has 7 nitrogen and oxygen atoms in total. The van der Waals surface area contributed by atoms with Gasteiger partial charge in [0.1, 0.15) is 5.82 Å². The van der Waals surface area contributed by atoms with Crippen molar-refractivity contribution in [3.63, 3.8) is 0 Å². The number of carbonyl (C=O) groups excluding carboxylic acids is 1. The number of fused-ring (bicyclic) bond motifs is 1. The van der Waals surface area contributed by atoms with Gasteiger partial charge in [0.25, 0.3) is 5.56 Å². The number of esters is 1. The molecule has 0 aliphatic rings. The maximum Gasteiger partial charge on any atom is 0.308 e. The van der Waals surface area contributed by atoms with Crippen LogP contribution >= 0.6 is 38.5 Å². The molecule has 0 saturated heterocycles. The molecule has 3 aromatic rings. The summed E-state index contributed by atoms with van der Waals surface area (Å²) in [5.74, 6) is 0.951. The van der Waals surface area contributed by atoms with Crippen LogP contribution < -0.4 is 15.0 Å². The Morgan fingerprint density at radius 1 is 1.35 bits per heavy atom. The minimum absolute atomic E-state index is 0.0407. The Hall–Kier alpha value is -2.27. The fourth-order valence-corrected chi connectivity index (χ4v) is 4.06. The van der Waals surface area contributed by atoms with E-state index in [1.54, 1.807) is 24.4 Å². The van der Waals surface area contributed by atoms with E-state index >= 15 is 0 Å². The summed E-state index contributed by atoms with van der Waals surface area (Å²) in [5, 5.41) is 4.95. The molecule has 0 amide bonds. The predicted octanol–water partition coefficient (Wildman–Crippen LogP) is 5.09. The highest BCUT2D eigenvalue weighted by Crippen LogP contribution is 2.33. The van der Waals surface area contributed by atoms with Gasteiger partial charge >= 0.3 is 5.97 Å². The SMILES string of the molecule is CC[C@H](C)c1nc2ccc(Br)cc2c(=O)n1N=Cc1cc(I)c(OC(C)=O)c(OC)c1. The number of hydrogen-bond acceptors (Lipinski definition) is 6. The quantitative estimate of drug-likeness (QED) is 0.171. The summed E-state index contributed by atoms with van der Waals surface area (Å²) in [7, 11) is 1.50. The van der Waals surface area contributed by atoms with E-state index in [2.05, 4.69) is 43.6 Å². The Balaban J connectivity index is 2.14. The van der Waals surface area contributed by atoms with Crippen LogP contribution in [0.3, 0.4) is 0 Å². The van der Waals surface area contributed by atoms with E-state index < -0.39 is 5.97 Å². The van der Waals surface area contributed by atoms with Crippen LogP contribution in [0.1, 0.15) is 44.5 Å². The lowest BCUT2D eigenvalue weighted by Gasteiger charge is -2.14. The average Bonchev–Trinajstić information content (AvgIpc) is 2.74. The molecule has 162 valence electrons. The van der Waals surface area contributed by atoms with Crippen molar-refractivity contribution in [1.29, 1.82) is 0 Å². The van der Waals surface area contributed by atoms with Crippen molar-refractivity contribution in [3.8, 4) is 11.5 Å². The van der Waals surface area contributed by atoms with Crippen LogP contribution in [0.15, 0.2) is 44.7 Å². The number of benzene rings is 2. The number of rotatable bonds is 6. The molecular formula is C22H21BrIN3O4. The maximum absolute atomic E-state index is 13.2. The van der Waals surface area contributed by atoms with Crippen LogP contribution in [0.25, 0.3) is 10.9 Å². The van der Waals surface area contributed by atoms with Gasteiger partial charge in [-0.3, -0.25) is 9.59 Å². The lowest BCUT2D eigenvalue weighted by molar-refractivity contribution is -0.132. The molecule has 31 heavy (non-hydrogen) atoms. The van der Waals surface area contributed by atoms with E-state index in [0.29, 0.717) is 37.4 Å². The van der Waals surface area contributed by atoms with Gasteiger partial charge in [-0.2, -0.15) is 9.78 Å². The molecule has 0 aliphatic carbocycles. The summed E-state index contributed by atoms with van der Waals surface area (Å²) in [5.41, 5.74) is 1.08. The van der Waals surface area contributed by atoms with E-state index in [-0.39, 0.29) is 11.5 Å². The standard InChI is InChI=1S/C22H21BrIN3O4/c1-5-12(2)21-26-18-7-6-15(23)10-16(18)22(29)27(21)25-11-14-8-17(24)20(31-13(3)28)19(9-14)30-4/h6-12H,5H2,1-4H3/t12-/m0/s1. The zero-order valence-corrected chi connectivity index (χ0v) is 21.2. The van der Waals surface area contributed by atoms with E-state index in [9.17, 15) is 9.59 Å². The number of hydrogen-bond donors (Lipinski definition) is 0. The Labute approximate surface area is 201 Å². The molecule has 1 atom stereocenters. The highest BCUT2D eigenvalue weighted by Gasteiger charge is 2.16. The first-order chi connectivity index (χ1) is 14.7. The lowest BCUT2D eigenvalue weighted by atomic mass is 10.1. The fraction of sp³-hybridized carbons (Fsp3) is 0.273. The van der Waals surface area contributed by atoms with E-state index in [1.807, 2.05) is 26.0 Å². The number of ether oxygens (including phenoxy) is 2. The number of halogens is 2. The largest absolute Gasteiger partial charge is 0.493 e. The highest BCUT2D eigenvalue weighted by molar-refractivity contribution is 14.1. The molecule has 0 N–H and O–H groups in total. The summed E-state index contributed by atoms with van der Waals surface area (Å²) in [6, 6.07) is 8.92. The Bertz CT molecular complexity index is 1240. The number of carbonyl (C=O) groups is 1. The minimum atomic E-state index is -0.434. The predicted molar refractivity (Wildman–Crippen MR) is 132 cm³/mol. The zero-order chi connectivity index (χ0) is 22.7. The van der Waals surface area contributed by atoms with Crippen LogP contribution in [-0.4, -0.2) is 29.0 Å². The van der Waals surface area contributed by atoms with Crippen LogP contribution in [-0.2, 0) is 4.79 Å². The minimum Gasteiger partial charge on any atom is -0.493 e. The fourth-order valence-electron chi connectivity index (χ4n) is 2.96.